The predicted octanol–water partition coefficient (Wildman–Crippen LogP) is 2.40. The molecule has 8 heteroatoms. The number of para-hydroxylation sites is 1. The Morgan fingerprint density at radius 2 is 2.00 bits per heavy atom. The third-order valence-electron chi connectivity index (χ3n) is 7.24. The molecule has 0 radical (unpaired) electrons. The molecule has 3 fully saturated rings. The van der Waals surface area contributed by atoms with Gasteiger partial charge < -0.3 is 20.6 Å². The maximum atomic E-state index is 13.8. The first-order valence-corrected chi connectivity index (χ1v) is 12.6. The molecule has 2 bridgehead atoms. The second-order valence-electron chi connectivity index (χ2n) is 9.05. The number of thioether (sulfide) groups is 1. The monoisotopic (exact) mass is 459 g/mol. The topological polar surface area (TPSA) is 98.7 Å². The van der Waals surface area contributed by atoms with E-state index in [9.17, 15) is 19.5 Å². The van der Waals surface area contributed by atoms with Crippen molar-refractivity contribution in [3.63, 3.8) is 0 Å². The number of unbranched alkanes of at least 4 members (excludes halogenated alkanes) is 1. The summed E-state index contributed by atoms with van der Waals surface area (Å²) in [6.45, 7) is 4.35. The molecule has 3 amide bonds. The van der Waals surface area contributed by atoms with Gasteiger partial charge in [-0.1, -0.05) is 38.5 Å². The van der Waals surface area contributed by atoms with E-state index in [4.69, 9.17) is 0 Å². The number of carbonyl (C=O) groups is 3. The standard InChI is InChI=1S/C24H33N3O4S/c1-3-5-13-25-22(30)20-24-12-11-17(32-24)18(21(29)26-15-9-7-6-8-10-15)19(24)23(31)27(20)16(4-2)14-28/h6-10,16-20,28H,3-5,11-14H2,1-2H3,(H,25,30)(H,26,29)/t16-,17-,18+,19-,20?,24?/m0/s1. The molecule has 0 saturated carbocycles. The van der Waals surface area contributed by atoms with Crippen molar-refractivity contribution in [3.05, 3.63) is 30.3 Å². The highest BCUT2D eigenvalue weighted by Gasteiger charge is 2.74. The first-order chi connectivity index (χ1) is 15.5. The minimum absolute atomic E-state index is 0.0231. The summed E-state index contributed by atoms with van der Waals surface area (Å²) in [5.74, 6) is -1.49. The molecule has 1 aromatic carbocycles. The van der Waals surface area contributed by atoms with Crippen LogP contribution in [0.2, 0.25) is 0 Å². The van der Waals surface area contributed by atoms with E-state index in [1.54, 1.807) is 16.7 Å². The third-order valence-corrected chi connectivity index (χ3v) is 9.19. The molecule has 7 nitrogen and oxygen atoms in total. The van der Waals surface area contributed by atoms with Gasteiger partial charge in [-0.05, 0) is 37.8 Å². The molecule has 3 aliphatic rings. The van der Waals surface area contributed by atoms with E-state index in [1.165, 1.54) is 0 Å². The van der Waals surface area contributed by atoms with E-state index in [2.05, 4.69) is 17.6 Å². The van der Waals surface area contributed by atoms with Gasteiger partial charge in [0, 0.05) is 17.5 Å². The van der Waals surface area contributed by atoms with E-state index in [1.807, 2.05) is 37.3 Å². The molecule has 6 atom stereocenters. The van der Waals surface area contributed by atoms with Gasteiger partial charge in [-0.25, -0.2) is 0 Å². The molecule has 174 valence electrons. The lowest BCUT2D eigenvalue weighted by Crippen LogP contribution is -2.56. The largest absolute Gasteiger partial charge is 0.394 e. The van der Waals surface area contributed by atoms with Crippen molar-refractivity contribution in [1.82, 2.24) is 10.2 Å². The Labute approximate surface area is 193 Å². The minimum Gasteiger partial charge on any atom is -0.394 e. The van der Waals surface area contributed by atoms with Crippen LogP contribution in [0.3, 0.4) is 0 Å². The number of anilines is 1. The average molecular weight is 460 g/mol. The summed E-state index contributed by atoms with van der Waals surface area (Å²) in [4.78, 5) is 42.2. The van der Waals surface area contributed by atoms with Crippen molar-refractivity contribution in [2.24, 2.45) is 11.8 Å². The number of aliphatic hydroxyl groups excluding tert-OH is 1. The fourth-order valence-corrected chi connectivity index (χ4v) is 7.94. The zero-order chi connectivity index (χ0) is 22.9. The zero-order valence-electron chi connectivity index (χ0n) is 18.8. The summed E-state index contributed by atoms with van der Waals surface area (Å²) in [6, 6.07) is 8.19. The van der Waals surface area contributed by atoms with Crippen molar-refractivity contribution in [2.75, 3.05) is 18.5 Å². The fraction of sp³-hybridized carbons (Fsp3) is 0.625. The lowest BCUT2D eigenvalue weighted by Gasteiger charge is -2.36. The minimum atomic E-state index is -0.654. The summed E-state index contributed by atoms with van der Waals surface area (Å²) in [5.41, 5.74) is 0.706. The highest BCUT2D eigenvalue weighted by molar-refractivity contribution is 8.02. The first kappa shape index (κ1) is 23.1. The molecular weight excluding hydrogens is 426 g/mol. The molecule has 0 aliphatic carbocycles. The number of likely N-dealkylation sites (tertiary alicyclic amines) is 1. The van der Waals surface area contributed by atoms with Gasteiger partial charge in [-0.15, -0.1) is 11.8 Å². The number of aliphatic hydroxyl groups is 1. The molecule has 3 saturated heterocycles. The fourth-order valence-electron chi connectivity index (χ4n) is 5.73. The maximum absolute atomic E-state index is 13.8. The number of carbonyl (C=O) groups excluding carboxylic acids is 3. The molecule has 3 N–H and O–H groups in total. The van der Waals surface area contributed by atoms with Gasteiger partial charge in [0.15, 0.2) is 0 Å². The van der Waals surface area contributed by atoms with E-state index in [-0.39, 0.29) is 29.6 Å². The third kappa shape index (κ3) is 3.71. The van der Waals surface area contributed by atoms with Gasteiger partial charge in [0.05, 0.1) is 29.2 Å². The van der Waals surface area contributed by atoms with Crippen molar-refractivity contribution in [1.29, 1.82) is 0 Å². The molecule has 1 aromatic rings. The van der Waals surface area contributed by atoms with Crippen LogP contribution in [0, 0.1) is 11.8 Å². The van der Waals surface area contributed by atoms with E-state index in [0.717, 1.165) is 25.7 Å². The molecule has 4 rings (SSSR count). The van der Waals surface area contributed by atoms with Crippen LogP contribution in [-0.2, 0) is 14.4 Å². The highest BCUT2D eigenvalue weighted by atomic mass is 32.2. The van der Waals surface area contributed by atoms with Crippen LogP contribution in [0.4, 0.5) is 5.69 Å². The van der Waals surface area contributed by atoms with Crippen LogP contribution >= 0.6 is 11.8 Å². The maximum Gasteiger partial charge on any atom is 0.244 e. The van der Waals surface area contributed by atoms with Gasteiger partial charge in [-0.2, -0.15) is 0 Å². The summed E-state index contributed by atoms with van der Waals surface area (Å²) in [6.07, 6.45) is 3.94. The number of hydrogen-bond acceptors (Lipinski definition) is 5. The zero-order valence-corrected chi connectivity index (χ0v) is 19.6. The predicted molar refractivity (Wildman–Crippen MR) is 125 cm³/mol. The second kappa shape index (κ2) is 9.43. The summed E-state index contributed by atoms with van der Waals surface area (Å²) < 4.78 is -0.612. The van der Waals surface area contributed by atoms with Crippen molar-refractivity contribution >= 4 is 35.2 Å². The van der Waals surface area contributed by atoms with Crippen molar-refractivity contribution in [2.45, 2.75) is 68.0 Å². The molecule has 32 heavy (non-hydrogen) atoms. The van der Waals surface area contributed by atoms with Gasteiger partial charge in [0.25, 0.3) is 0 Å². The van der Waals surface area contributed by atoms with Crippen LogP contribution < -0.4 is 10.6 Å². The number of nitrogens with one attached hydrogen (secondary N) is 2. The normalized spacial score (nSPS) is 31.5. The Bertz CT molecular complexity index is 862. The summed E-state index contributed by atoms with van der Waals surface area (Å²) >= 11 is 1.65. The number of benzene rings is 1. The van der Waals surface area contributed by atoms with E-state index >= 15 is 0 Å². The summed E-state index contributed by atoms with van der Waals surface area (Å²) in [5, 5.41) is 16.0. The van der Waals surface area contributed by atoms with Gasteiger partial charge in [0.2, 0.25) is 17.7 Å². The van der Waals surface area contributed by atoms with Gasteiger partial charge in [-0.3, -0.25) is 14.4 Å². The number of rotatable bonds is 9. The van der Waals surface area contributed by atoms with Gasteiger partial charge in [0.1, 0.15) is 6.04 Å². The molecule has 3 heterocycles. The van der Waals surface area contributed by atoms with Crippen molar-refractivity contribution in [3.8, 4) is 0 Å². The second-order valence-corrected chi connectivity index (χ2v) is 10.6. The molecular formula is C24H33N3O4S. The van der Waals surface area contributed by atoms with Gasteiger partial charge >= 0.3 is 0 Å². The SMILES string of the molecule is CCCCNC(=O)C1N([C@@H](CC)CO)C(=O)[C@@H]2[C@H](C(=O)Nc3ccccc3)[C@@H]3CCC12S3. The Balaban J connectivity index is 1.66. The van der Waals surface area contributed by atoms with Crippen LogP contribution in [-0.4, -0.2) is 63.0 Å². The van der Waals surface area contributed by atoms with Crippen LogP contribution in [0.25, 0.3) is 0 Å². The van der Waals surface area contributed by atoms with E-state index < -0.39 is 28.7 Å². The quantitative estimate of drug-likeness (QED) is 0.493. The smallest absolute Gasteiger partial charge is 0.244 e. The molecule has 3 aliphatic heterocycles. The van der Waals surface area contributed by atoms with Crippen molar-refractivity contribution < 1.29 is 19.5 Å². The van der Waals surface area contributed by atoms with Crippen LogP contribution in [0.15, 0.2) is 30.3 Å². The molecule has 2 unspecified atom stereocenters. The lowest BCUT2D eigenvalue weighted by molar-refractivity contribution is -0.142. The van der Waals surface area contributed by atoms with Crippen LogP contribution in [0.5, 0.6) is 0 Å². The lowest BCUT2D eigenvalue weighted by atomic mass is 9.70. The Morgan fingerprint density at radius 1 is 1.25 bits per heavy atom. The Hall–Kier alpha value is -2.06. The number of fused-ring (bicyclic) bond motifs is 1. The average Bonchev–Trinajstić information content (AvgIpc) is 3.43. The number of hydrogen-bond donors (Lipinski definition) is 3. The van der Waals surface area contributed by atoms with Crippen LogP contribution in [0.1, 0.15) is 46.0 Å². The summed E-state index contributed by atoms with van der Waals surface area (Å²) in [7, 11) is 0. The number of nitrogens with zero attached hydrogens (tertiary/aromatic N) is 1. The first-order valence-electron chi connectivity index (χ1n) is 11.7. The van der Waals surface area contributed by atoms with E-state index in [0.29, 0.717) is 18.7 Å². The molecule has 1 spiro atoms. The molecule has 0 aromatic heterocycles. The Morgan fingerprint density at radius 3 is 2.66 bits per heavy atom. The highest BCUT2D eigenvalue weighted by Crippen LogP contribution is 2.66. The Kier molecular flexibility index (Phi) is 6.81. The number of amides is 3.